The second-order valence-electron chi connectivity index (χ2n) is 6.59. The van der Waals surface area contributed by atoms with Crippen LogP contribution in [0.5, 0.6) is 0 Å². The van der Waals surface area contributed by atoms with E-state index in [1.54, 1.807) is 6.92 Å². The number of rotatable bonds is 5. The highest BCUT2D eigenvalue weighted by atomic mass is 16.5. The Balaban J connectivity index is 3.02. The molecule has 1 fully saturated rings. The predicted molar refractivity (Wildman–Crippen MR) is 75.6 cm³/mol. The van der Waals surface area contributed by atoms with E-state index in [0.717, 1.165) is 12.7 Å². The van der Waals surface area contributed by atoms with Crippen molar-refractivity contribution in [3.05, 3.63) is 0 Å². The molecule has 0 amide bonds. The minimum Gasteiger partial charge on any atom is -0.465 e. The minimum atomic E-state index is -1.03. The summed E-state index contributed by atoms with van der Waals surface area (Å²) in [6.07, 6.45) is 3.23. The van der Waals surface area contributed by atoms with Crippen molar-refractivity contribution >= 4 is 12.3 Å². The summed E-state index contributed by atoms with van der Waals surface area (Å²) in [7, 11) is 0. The van der Waals surface area contributed by atoms with E-state index < -0.39 is 11.4 Å². The van der Waals surface area contributed by atoms with Crippen molar-refractivity contribution in [3.8, 4) is 6.07 Å². The van der Waals surface area contributed by atoms with Crippen molar-refractivity contribution in [2.45, 2.75) is 53.4 Å². The van der Waals surface area contributed by atoms with Gasteiger partial charge in [0.2, 0.25) is 0 Å². The fourth-order valence-corrected chi connectivity index (χ4v) is 3.36. The first-order valence-corrected chi connectivity index (χ1v) is 7.35. The van der Waals surface area contributed by atoms with Crippen LogP contribution in [0.1, 0.15) is 53.4 Å². The van der Waals surface area contributed by atoms with Gasteiger partial charge in [0, 0.05) is 6.42 Å². The molecular weight excluding hydrogens is 254 g/mol. The first-order valence-electron chi connectivity index (χ1n) is 7.35. The Morgan fingerprint density at radius 1 is 1.50 bits per heavy atom. The molecule has 4 nitrogen and oxygen atoms in total. The molecule has 1 aliphatic rings. The fraction of sp³-hybridized carbons (Fsp3) is 0.812. The Morgan fingerprint density at radius 2 is 2.15 bits per heavy atom. The van der Waals surface area contributed by atoms with E-state index in [2.05, 4.69) is 19.9 Å². The number of carbonyl (C=O) groups is 2. The van der Waals surface area contributed by atoms with Gasteiger partial charge in [-0.3, -0.25) is 4.79 Å². The molecule has 20 heavy (non-hydrogen) atoms. The van der Waals surface area contributed by atoms with Crippen molar-refractivity contribution < 1.29 is 14.3 Å². The topological polar surface area (TPSA) is 67.2 Å². The molecule has 0 spiro atoms. The standard InChI is InChI=1S/C16H25NO3/c1-5-20-14(19)16(11-17)8-7-15(3,4)13(10-16)12(2)6-9-18/h9,12-13H,5-8,10H2,1-4H3/t12-,13-,16?/m1/s1. The molecule has 0 aromatic carbocycles. The lowest BCUT2D eigenvalue weighted by molar-refractivity contribution is -0.157. The van der Waals surface area contributed by atoms with Crippen molar-refractivity contribution in [2.75, 3.05) is 6.61 Å². The smallest absolute Gasteiger partial charge is 0.326 e. The summed E-state index contributed by atoms with van der Waals surface area (Å²) in [6, 6.07) is 2.20. The van der Waals surface area contributed by atoms with Crippen LogP contribution in [0.15, 0.2) is 0 Å². The number of carbonyl (C=O) groups excluding carboxylic acids is 2. The number of ether oxygens (including phenoxy) is 1. The minimum absolute atomic E-state index is 0.0370. The van der Waals surface area contributed by atoms with Crippen LogP contribution in [-0.2, 0) is 14.3 Å². The van der Waals surface area contributed by atoms with Gasteiger partial charge in [0.25, 0.3) is 0 Å². The molecule has 0 aromatic heterocycles. The molecule has 0 bridgehead atoms. The number of nitrogens with zero attached hydrogens (tertiary/aromatic N) is 1. The summed E-state index contributed by atoms with van der Waals surface area (Å²) < 4.78 is 5.10. The Bertz CT molecular complexity index is 410. The first-order chi connectivity index (χ1) is 9.33. The second kappa shape index (κ2) is 6.39. The lowest BCUT2D eigenvalue weighted by Crippen LogP contribution is -2.45. The number of hydrogen-bond donors (Lipinski definition) is 0. The molecule has 1 rings (SSSR count). The Morgan fingerprint density at radius 3 is 2.65 bits per heavy atom. The van der Waals surface area contributed by atoms with Crippen LogP contribution in [0, 0.1) is 34.0 Å². The molecule has 0 aliphatic heterocycles. The number of aldehydes is 1. The molecule has 112 valence electrons. The molecule has 3 atom stereocenters. The molecule has 0 heterocycles. The van der Waals surface area contributed by atoms with Gasteiger partial charge < -0.3 is 9.53 Å². The monoisotopic (exact) mass is 279 g/mol. The van der Waals surface area contributed by atoms with Crippen LogP contribution >= 0.6 is 0 Å². The maximum absolute atomic E-state index is 12.2. The van der Waals surface area contributed by atoms with Crippen LogP contribution in [0.4, 0.5) is 0 Å². The average molecular weight is 279 g/mol. The molecule has 0 N–H and O–H groups in total. The summed E-state index contributed by atoms with van der Waals surface area (Å²) in [5.41, 5.74) is -0.997. The van der Waals surface area contributed by atoms with Crippen molar-refractivity contribution in [1.29, 1.82) is 5.26 Å². The number of hydrogen-bond acceptors (Lipinski definition) is 4. The molecule has 1 unspecified atom stereocenters. The van der Waals surface area contributed by atoms with Gasteiger partial charge in [-0.1, -0.05) is 20.8 Å². The third-order valence-electron chi connectivity index (χ3n) is 4.80. The second-order valence-corrected chi connectivity index (χ2v) is 6.59. The van der Waals surface area contributed by atoms with Crippen molar-refractivity contribution in [3.63, 3.8) is 0 Å². The fourth-order valence-electron chi connectivity index (χ4n) is 3.36. The van der Waals surface area contributed by atoms with E-state index in [4.69, 9.17) is 4.74 Å². The molecule has 0 radical (unpaired) electrons. The van der Waals surface area contributed by atoms with Crippen molar-refractivity contribution in [2.24, 2.45) is 22.7 Å². The highest BCUT2D eigenvalue weighted by Gasteiger charge is 2.51. The van der Waals surface area contributed by atoms with Crippen LogP contribution < -0.4 is 0 Å². The molecule has 4 heteroatoms. The molecular formula is C16H25NO3. The highest BCUT2D eigenvalue weighted by molar-refractivity contribution is 5.80. The quantitative estimate of drug-likeness (QED) is 0.573. The van der Waals surface area contributed by atoms with Gasteiger partial charge in [0.1, 0.15) is 6.29 Å². The number of nitriles is 1. The summed E-state index contributed by atoms with van der Waals surface area (Å²) in [5.74, 6) is -0.0586. The van der Waals surface area contributed by atoms with Crippen LogP contribution in [0.2, 0.25) is 0 Å². The maximum Gasteiger partial charge on any atom is 0.326 e. The summed E-state index contributed by atoms with van der Waals surface area (Å²) in [5, 5.41) is 9.52. The predicted octanol–water partition coefficient (Wildman–Crippen LogP) is 3.11. The zero-order valence-corrected chi connectivity index (χ0v) is 12.9. The van der Waals surface area contributed by atoms with E-state index in [1.165, 1.54) is 0 Å². The van der Waals surface area contributed by atoms with Crippen LogP contribution in [0.25, 0.3) is 0 Å². The van der Waals surface area contributed by atoms with E-state index in [9.17, 15) is 14.9 Å². The van der Waals surface area contributed by atoms with E-state index in [-0.39, 0.29) is 17.3 Å². The summed E-state index contributed by atoms with van der Waals surface area (Å²) in [4.78, 5) is 23.0. The van der Waals surface area contributed by atoms with Crippen LogP contribution in [0.3, 0.4) is 0 Å². The third-order valence-corrected chi connectivity index (χ3v) is 4.80. The van der Waals surface area contributed by atoms with Gasteiger partial charge >= 0.3 is 5.97 Å². The van der Waals surface area contributed by atoms with Gasteiger partial charge in [-0.15, -0.1) is 0 Å². The van der Waals surface area contributed by atoms with E-state index >= 15 is 0 Å². The maximum atomic E-state index is 12.2. The van der Waals surface area contributed by atoms with Gasteiger partial charge in [-0.25, -0.2) is 0 Å². The zero-order valence-electron chi connectivity index (χ0n) is 12.9. The van der Waals surface area contributed by atoms with Gasteiger partial charge in [0.15, 0.2) is 5.41 Å². The molecule has 0 saturated heterocycles. The van der Waals surface area contributed by atoms with E-state index in [1.807, 2.05) is 6.92 Å². The van der Waals surface area contributed by atoms with Crippen molar-refractivity contribution in [1.82, 2.24) is 0 Å². The Hall–Kier alpha value is -1.37. The Labute approximate surface area is 121 Å². The van der Waals surface area contributed by atoms with Crippen LogP contribution in [-0.4, -0.2) is 18.9 Å². The first kappa shape index (κ1) is 16.7. The van der Waals surface area contributed by atoms with E-state index in [0.29, 0.717) is 25.9 Å². The molecule has 1 saturated carbocycles. The summed E-state index contributed by atoms with van der Waals surface area (Å²) >= 11 is 0. The third kappa shape index (κ3) is 3.20. The average Bonchev–Trinajstić information content (AvgIpc) is 2.39. The molecule has 1 aliphatic carbocycles. The SMILES string of the molecule is CCOC(=O)C1(C#N)CCC(C)(C)[C@@H]([C@H](C)CC=O)C1. The van der Waals surface area contributed by atoms with Gasteiger partial charge in [-0.05, 0) is 43.4 Å². The molecule has 0 aromatic rings. The number of esters is 1. The Kier molecular flexibility index (Phi) is 5.33. The normalized spacial score (nSPS) is 30.1. The largest absolute Gasteiger partial charge is 0.465 e. The summed E-state index contributed by atoms with van der Waals surface area (Å²) in [6.45, 7) is 8.39. The lowest BCUT2D eigenvalue weighted by Gasteiger charge is -2.47. The highest BCUT2D eigenvalue weighted by Crippen LogP contribution is 2.52. The lowest BCUT2D eigenvalue weighted by atomic mass is 9.56. The van der Waals surface area contributed by atoms with Gasteiger partial charge in [-0.2, -0.15) is 5.26 Å². The zero-order chi connectivity index (χ0) is 15.4. The van der Waals surface area contributed by atoms with Gasteiger partial charge in [0.05, 0.1) is 12.7 Å².